The van der Waals surface area contributed by atoms with E-state index in [9.17, 15) is 4.79 Å². The number of nitrogens with zero attached hydrogens (tertiary/aromatic N) is 3. The number of carbonyl (C=O) groups excluding carboxylic acids is 1. The Kier molecular flexibility index (Phi) is 4.15. The zero-order valence-electron chi connectivity index (χ0n) is 12.3. The molecule has 0 bridgehead atoms. The average molecular weight is 306 g/mol. The number of fused-ring (bicyclic) bond motifs is 1. The molecule has 1 aromatic heterocycles. The Labute approximate surface area is 129 Å². The average Bonchev–Trinajstić information content (AvgIpc) is 3.13. The molecule has 0 radical (unpaired) electrons. The van der Waals surface area contributed by atoms with E-state index in [1.54, 1.807) is 0 Å². The van der Waals surface area contributed by atoms with Crippen molar-refractivity contribution in [3.05, 3.63) is 30.1 Å². The summed E-state index contributed by atoms with van der Waals surface area (Å²) in [4.78, 5) is 19.3. The van der Waals surface area contributed by atoms with Crippen molar-refractivity contribution in [2.75, 3.05) is 19.0 Å². The standard InChI is InChI=1S/C16H20ClN3O/c1-12(16(21)19-10-4-5-11-19)20-14-7-3-2-6-13(14)18-15(20)8-9-17/h2-3,6-7,12H,4-5,8-11H2,1H3. The van der Waals surface area contributed by atoms with E-state index >= 15 is 0 Å². The highest BCUT2D eigenvalue weighted by Gasteiger charge is 2.27. The number of aromatic nitrogens is 2. The Balaban J connectivity index is 2.00. The summed E-state index contributed by atoms with van der Waals surface area (Å²) in [5, 5.41) is 0. The van der Waals surface area contributed by atoms with Crippen LogP contribution >= 0.6 is 11.6 Å². The van der Waals surface area contributed by atoms with Gasteiger partial charge < -0.3 is 9.47 Å². The first kappa shape index (κ1) is 14.4. The van der Waals surface area contributed by atoms with Gasteiger partial charge in [-0.25, -0.2) is 4.98 Å². The van der Waals surface area contributed by atoms with Gasteiger partial charge in [-0.2, -0.15) is 0 Å². The lowest BCUT2D eigenvalue weighted by molar-refractivity contribution is -0.133. The van der Waals surface area contributed by atoms with Crippen molar-refractivity contribution in [1.29, 1.82) is 0 Å². The molecule has 1 unspecified atom stereocenters. The number of hydrogen-bond acceptors (Lipinski definition) is 2. The highest BCUT2D eigenvalue weighted by molar-refractivity contribution is 6.17. The summed E-state index contributed by atoms with van der Waals surface area (Å²) >= 11 is 5.90. The first-order valence-corrected chi connectivity index (χ1v) is 8.06. The molecule has 0 saturated carbocycles. The molecule has 1 fully saturated rings. The van der Waals surface area contributed by atoms with E-state index in [0.717, 1.165) is 42.8 Å². The van der Waals surface area contributed by atoms with Gasteiger partial charge >= 0.3 is 0 Å². The number of imidazole rings is 1. The second-order valence-electron chi connectivity index (χ2n) is 5.53. The minimum absolute atomic E-state index is 0.187. The number of benzene rings is 1. The van der Waals surface area contributed by atoms with E-state index in [1.165, 1.54) is 0 Å². The highest BCUT2D eigenvalue weighted by atomic mass is 35.5. The van der Waals surface area contributed by atoms with Gasteiger partial charge in [0.25, 0.3) is 0 Å². The van der Waals surface area contributed by atoms with Crippen molar-refractivity contribution in [2.24, 2.45) is 0 Å². The molecule has 1 amide bonds. The van der Waals surface area contributed by atoms with Crippen molar-refractivity contribution in [3.63, 3.8) is 0 Å². The fraction of sp³-hybridized carbons (Fsp3) is 0.500. The third-order valence-electron chi connectivity index (χ3n) is 4.15. The molecule has 1 saturated heterocycles. The van der Waals surface area contributed by atoms with Gasteiger partial charge in [-0.05, 0) is 31.9 Å². The van der Waals surface area contributed by atoms with Crippen LogP contribution < -0.4 is 0 Å². The normalized spacial score (nSPS) is 16.6. The number of carbonyl (C=O) groups is 1. The third-order valence-corrected chi connectivity index (χ3v) is 4.34. The van der Waals surface area contributed by atoms with Crippen molar-refractivity contribution >= 4 is 28.5 Å². The minimum Gasteiger partial charge on any atom is -0.341 e. The topological polar surface area (TPSA) is 38.1 Å². The van der Waals surface area contributed by atoms with E-state index in [0.29, 0.717) is 12.3 Å². The van der Waals surface area contributed by atoms with E-state index in [1.807, 2.05) is 36.1 Å². The minimum atomic E-state index is -0.228. The molecule has 1 atom stereocenters. The zero-order chi connectivity index (χ0) is 14.8. The molecule has 5 heteroatoms. The Morgan fingerprint density at radius 2 is 2.05 bits per heavy atom. The predicted octanol–water partition coefficient (Wildman–Crippen LogP) is 3.00. The molecule has 4 nitrogen and oxygen atoms in total. The van der Waals surface area contributed by atoms with Crippen LogP contribution in [0.5, 0.6) is 0 Å². The lowest BCUT2D eigenvalue weighted by atomic mass is 10.2. The summed E-state index contributed by atoms with van der Waals surface area (Å²) in [6, 6.07) is 7.73. The smallest absolute Gasteiger partial charge is 0.245 e. The fourth-order valence-electron chi connectivity index (χ4n) is 3.10. The number of aryl methyl sites for hydroxylation is 1. The van der Waals surface area contributed by atoms with Crippen molar-refractivity contribution in [3.8, 4) is 0 Å². The Morgan fingerprint density at radius 3 is 2.76 bits per heavy atom. The maximum atomic E-state index is 12.7. The largest absolute Gasteiger partial charge is 0.341 e. The third kappa shape index (κ3) is 2.64. The van der Waals surface area contributed by atoms with Gasteiger partial charge in [0.2, 0.25) is 5.91 Å². The summed E-state index contributed by atoms with van der Waals surface area (Å²) < 4.78 is 2.05. The molecule has 3 rings (SSSR count). The fourth-order valence-corrected chi connectivity index (χ4v) is 3.27. The van der Waals surface area contributed by atoms with Gasteiger partial charge in [-0.15, -0.1) is 11.6 Å². The molecule has 1 aliphatic heterocycles. The van der Waals surface area contributed by atoms with Crippen LogP contribution in [0.4, 0.5) is 0 Å². The number of amides is 1. The number of hydrogen-bond donors (Lipinski definition) is 0. The molecular formula is C16H20ClN3O. The quantitative estimate of drug-likeness (QED) is 0.814. The first-order valence-electron chi connectivity index (χ1n) is 7.53. The SMILES string of the molecule is CC(C(=O)N1CCCC1)n1c(CCCl)nc2ccccc21. The lowest BCUT2D eigenvalue weighted by Crippen LogP contribution is -2.34. The van der Waals surface area contributed by atoms with Crippen LogP contribution in [0.3, 0.4) is 0 Å². The Morgan fingerprint density at radius 1 is 1.33 bits per heavy atom. The molecule has 1 aliphatic rings. The van der Waals surface area contributed by atoms with E-state index in [4.69, 9.17) is 11.6 Å². The number of halogens is 1. The number of likely N-dealkylation sites (tertiary alicyclic amines) is 1. The van der Waals surface area contributed by atoms with Gasteiger partial charge in [0.1, 0.15) is 11.9 Å². The Bertz CT molecular complexity index is 646. The van der Waals surface area contributed by atoms with Gasteiger partial charge in [0.15, 0.2) is 0 Å². The van der Waals surface area contributed by atoms with Crippen molar-refractivity contribution in [2.45, 2.75) is 32.2 Å². The maximum Gasteiger partial charge on any atom is 0.245 e. The van der Waals surface area contributed by atoms with Crippen LogP contribution in [0, 0.1) is 0 Å². The molecule has 112 valence electrons. The van der Waals surface area contributed by atoms with Crippen molar-refractivity contribution < 1.29 is 4.79 Å². The van der Waals surface area contributed by atoms with Crippen LogP contribution in [0.2, 0.25) is 0 Å². The maximum absolute atomic E-state index is 12.7. The van der Waals surface area contributed by atoms with Crippen LogP contribution in [0.25, 0.3) is 11.0 Å². The van der Waals surface area contributed by atoms with E-state index < -0.39 is 0 Å². The predicted molar refractivity (Wildman–Crippen MR) is 84.7 cm³/mol. The second-order valence-corrected chi connectivity index (χ2v) is 5.91. The summed E-state index contributed by atoms with van der Waals surface area (Å²) in [6.07, 6.45) is 2.89. The molecule has 0 aliphatic carbocycles. The monoisotopic (exact) mass is 305 g/mol. The van der Waals surface area contributed by atoms with Crippen LogP contribution in [0.15, 0.2) is 24.3 Å². The summed E-state index contributed by atoms with van der Waals surface area (Å²) in [5.41, 5.74) is 1.94. The number of alkyl halides is 1. The lowest BCUT2D eigenvalue weighted by Gasteiger charge is -2.23. The molecule has 21 heavy (non-hydrogen) atoms. The van der Waals surface area contributed by atoms with Crippen LogP contribution in [0.1, 0.15) is 31.6 Å². The zero-order valence-corrected chi connectivity index (χ0v) is 13.0. The second kappa shape index (κ2) is 6.06. The summed E-state index contributed by atoms with van der Waals surface area (Å²) in [7, 11) is 0. The highest BCUT2D eigenvalue weighted by Crippen LogP contribution is 2.24. The number of rotatable bonds is 4. The summed E-state index contributed by atoms with van der Waals surface area (Å²) in [6.45, 7) is 3.72. The van der Waals surface area contributed by atoms with E-state index in [2.05, 4.69) is 9.55 Å². The van der Waals surface area contributed by atoms with Gasteiger partial charge in [0, 0.05) is 25.4 Å². The molecule has 0 N–H and O–H groups in total. The van der Waals surface area contributed by atoms with Crippen LogP contribution in [-0.2, 0) is 11.2 Å². The first-order chi connectivity index (χ1) is 10.2. The Hall–Kier alpha value is -1.55. The molecule has 0 spiro atoms. The molecule has 2 heterocycles. The van der Waals surface area contributed by atoms with Gasteiger partial charge in [-0.3, -0.25) is 4.79 Å². The number of para-hydroxylation sites is 2. The molecule has 2 aromatic rings. The van der Waals surface area contributed by atoms with Crippen molar-refractivity contribution in [1.82, 2.24) is 14.5 Å². The van der Waals surface area contributed by atoms with E-state index in [-0.39, 0.29) is 11.9 Å². The summed E-state index contributed by atoms with van der Waals surface area (Å²) in [5.74, 6) is 1.59. The van der Waals surface area contributed by atoms with Gasteiger partial charge in [-0.1, -0.05) is 12.1 Å². The van der Waals surface area contributed by atoms with Gasteiger partial charge in [0.05, 0.1) is 11.0 Å². The molecular weight excluding hydrogens is 286 g/mol. The van der Waals surface area contributed by atoms with Crippen LogP contribution in [-0.4, -0.2) is 39.3 Å². The molecule has 1 aromatic carbocycles.